The van der Waals surface area contributed by atoms with Gasteiger partial charge in [0.25, 0.3) is 5.91 Å². The number of allylic oxidation sites excluding steroid dienone is 2. The van der Waals surface area contributed by atoms with E-state index < -0.39 is 6.29 Å². The van der Waals surface area contributed by atoms with E-state index in [9.17, 15) is 9.59 Å². The molecule has 0 spiro atoms. The molecule has 154 valence electrons. The highest BCUT2D eigenvalue weighted by molar-refractivity contribution is 5.95. The predicted molar refractivity (Wildman–Crippen MR) is 112 cm³/mol. The van der Waals surface area contributed by atoms with Gasteiger partial charge in [0.05, 0.1) is 6.17 Å². The SMILES string of the molecule is CC1(C)CN(C(=O)c2ccc(C3=CC=CC(NC(N)NC(=O)C4CC4)N3)cc2)C1. The van der Waals surface area contributed by atoms with Gasteiger partial charge in [-0.15, -0.1) is 0 Å². The fraction of sp³-hybridized carbons (Fsp3) is 0.455. The second kappa shape index (κ2) is 7.65. The van der Waals surface area contributed by atoms with E-state index in [1.165, 1.54) is 0 Å². The zero-order valence-electron chi connectivity index (χ0n) is 16.9. The topological polar surface area (TPSA) is 99.5 Å². The summed E-state index contributed by atoms with van der Waals surface area (Å²) in [6, 6.07) is 7.63. The summed E-state index contributed by atoms with van der Waals surface area (Å²) in [5.74, 6) is 0.210. The van der Waals surface area contributed by atoms with Gasteiger partial charge in [-0.25, -0.2) is 0 Å². The molecule has 7 heteroatoms. The van der Waals surface area contributed by atoms with Gasteiger partial charge >= 0.3 is 0 Å². The van der Waals surface area contributed by atoms with E-state index in [1.807, 2.05) is 47.4 Å². The highest BCUT2D eigenvalue weighted by Crippen LogP contribution is 2.30. The molecule has 4 rings (SSSR count). The number of amides is 2. The number of likely N-dealkylation sites (tertiary alicyclic amines) is 1. The number of nitrogens with one attached hydrogen (secondary N) is 3. The number of carbonyl (C=O) groups is 2. The third kappa shape index (κ3) is 4.68. The molecule has 2 heterocycles. The Morgan fingerprint density at radius 1 is 1.21 bits per heavy atom. The molecule has 2 amide bonds. The Morgan fingerprint density at radius 2 is 1.90 bits per heavy atom. The van der Waals surface area contributed by atoms with Crippen molar-refractivity contribution in [2.75, 3.05) is 13.1 Å². The molecule has 0 bridgehead atoms. The highest BCUT2D eigenvalue weighted by Gasteiger charge is 2.37. The number of dihydropyridines is 1. The molecule has 29 heavy (non-hydrogen) atoms. The zero-order valence-corrected chi connectivity index (χ0v) is 16.9. The first-order valence-electron chi connectivity index (χ1n) is 10.2. The van der Waals surface area contributed by atoms with Crippen LogP contribution >= 0.6 is 0 Å². The Morgan fingerprint density at radius 3 is 2.52 bits per heavy atom. The van der Waals surface area contributed by atoms with E-state index in [4.69, 9.17) is 5.73 Å². The van der Waals surface area contributed by atoms with Gasteiger partial charge in [0.15, 0.2) is 0 Å². The Balaban J connectivity index is 1.32. The van der Waals surface area contributed by atoms with Crippen LogP contribution < -0.4 is 21.7 Å². The zero-order chi connectivity index (χ0) is 20.6. The van der Waals surface area contributed by atoms with Crippen LogP contribution in [-0.2, 0) is 4.79 Å². The van der Waals surface area contributed by atoms with Gasteiger partial charge in [-0.1, -0.05) is 32.1 Å². The quantitative estimate of drug-likeness (QED) is 0.545. The molecule has 3 aliphatic rings. The normalized spacial score (nSPS) is 23.5. The van der Waals surface area contributed by atoms with E-state index in [1.54, 1.807) is 0 Å². The Hall–Kier alpha value is -2.64. The molecule has 0 aromatic heterocycles. The summed E-state index contributed by atoms with van der Waals surface area (Å²) in [7, 11) is 0. The summed E-state index contributed by atoms with van der Waals surface area (Å²) in [6.45, 7) is 5.94. The van der Waals surface area contributed by atoms with Gasteiger partial charge in [-0.2, -0.15) is 0 Å². The van der Waals surface area contributed by atoms with Crippen molar-refractivity contribution in [3.05, 3.63) is 53.6 Å². The van der Waals surface area contributed by atoms with E-state index in [0.717, 1.165) is 37.2 Å². The van der Waals surface area contributed by atoms with Crippen molar-refractivity contribution in [1.82, 2.24) is 20.9 Å². The number of hydrogen-bond acceptors (Lipinski definition) is 5. The first-order chi connectivity index (χ1) is 13.8. The summed E-state index contributed by atoms with van der Waals surface area (Å²) >= 11 is 0. The molecule has 2 fully saturated rings. The van der Waals surface area contributed by atoms with Crippen molar-refractivity contribution in [3.63, 3.8) is 0 Å². The van der Waals surface area contributed by atoms with Gasteiger partial charge < -0.3 is 15.5 Å². The van der Waals surface area contributed by atoms with Crippen LogP contribution in [0.5, 0.6) is 0 Å². The number of hydrogen-bond donors (Lipinski definition) is 4. The highest BCUT2D eigenvalue weighted by atomic mass is 16.2. The number of benzene rings is 1. The largest absolute Gasteiger partial charge is 0.366 e. The van der Waals surface area contributed by atoms with Gasteiger partial charge in [-0.05, 0) is 48.1 Å². The van der Waals surface area contributed by atoms with Crippen LogP contribution in [0.3, 0.4) is 0 Å². The molecule has 1 aromatic carbocycles. The second-order valence-electron chi connectivity index (χ2n) is 8.92. The van der Waals surface area contributed by atoms with E-state index in [-0.39, 0.29) is 29.3 Å². The maximum atomic E-state index is 12.5. The first-order valence-corrected chi connectivity index (χ1v) is 10.2. The molecule has 7 nitrogen and oxygen atoms in total. The molecule has 1 saturated heterocycles. The van der Waals surface area contributed by atoms with Crippen LogP contribution in [0.15, 0.2) is 42.5 Å². The number of carbonyl (C=O) groups excluding carboxylic acids is 2. The van der Waals surface area contributed by atoms with Crippen molar-refractivity contribution in [3.8, 4) is 0 Å². The Bertz CT molecular complexity index is 846. The van der Waals surface area contributed by atoms with Crippen LogP contribution in [0.4, 0.5) is 0 Å². The lowest BCUT2D eigenvalue weighted by Crippen LogP contribution is -2.58. The van der Waals surface area contributed by atoms with Crippen LogP contribution in [-0.4, -0.2) is 42.3 Å². The fourth-order valence-corrected chi connectivity index (χ4v) is 3.76. The third-order valence-corrected chi connectivity index (χ3v) is 5.45. The average molecular weight is 396 g/mol. The van der Waals surface area contributed by atoms with E-state index >= 15 is 0 Å². The molecular weight excluding hydrogens is 366 g/mol. The summed E-state index contributed by atoms with van der Waals surface area (Å²) < 4.78 is 0. The minimum atomic E-state index is -0.620. The summed E-state index contributed by atoms with van der Waals surface area (Å²) in [5.41, 5.74) is 8.83. The van der Waals surface area contributed by atoms with Crippen molar-refractivity contribution in [2.45, 2.75) is 39.1 Å². The lowest BCUT2D eigenvalue weighted by Gasteiger charge is -2.45. The standard InChI is InChI=1S/C22H29N5O2/c1-22(2)12-27(13-22)20(29)16-10-6-14(7-11-16)17-4-3-5-18(24-17)25-21(23)26-19(28)15-8-9-15/h3-7,10-11,15,18,21,24-25H,8-9,12-13,23H2,1-2H3,(H,26,28). The molecule has 0 radical (unpaired) electrons. The average Bonchev–Trinajstić information content (AvgIpc) is 3.51. The third-order valence-electron chi connectivity index (χ3n) is 5.45. The lowest BCUT2D eigenvalue weighted by atomic mass is 9.84. The van der Waals surface area contributed by atoms with Gasteiger partial charge in [0.2, 0.25) is 5.91 Å². The smallest absolute Gasteiger partial charge is 0.253 e. The fourth-order valence-electron chi connectivity index (χ4n) is 3.76. The molecular formula is C22H29N5O2. The van der Waals surface area contributed by atoms with Gasteiger partial charge in [-0.3, -0.25) is 20.6 Å². The second-order valence-corrected chi connectivity index (χ2v) is 8.92. The molecule has 2 unspecified atom stereocenters. The molecule has 1 aliphatic carbocycles. The van der Waals surface area contributed by atoms with Crippen LogP contribution in [0, 0.1) is 11.3 Å². The Labute approximate surface area is 171 Å². The molecule has 2 atom stereocenters. The van der Waals surface area contributed by atoms with Gasteiger partial charge in [0.1, 0.15) is 6.29 Å². The van der Waals surface area contributed by atoms with E-state index in [0.29, 0.717) is 5.56 Å². The lowest BCUT2D eigenvalue weighted by molar-refractivity contribution is -0.123. The van der Waals surface area contributed by atoms with Crippen LogP contribution in [0.25, 0.3) is 5.70 Å². The van der Waals surface area contributed by atoms with Crippen molar-refractivity contribution >= 4 is 17.5 Å². The Kier molecular flexibility index (Phi) is 5.19. The predicted octanol–water partition coefficient (Wildman–Crippen LogP) is 1.35. The summed E-state index contributed by atoms with van der Waals surface area (Å²) in [6.07, 6.45) is 6.93. The number of nitrogens with zero attached hydrogens (tertiary/aromatic N) is 1. The maximum absolute atomic E-state index is 12.5. The summed E-state index contributed by atoms with van der Waals surface area (Å²) in [4.78, 5) is 26.3. The molecule has 1 saturated carbocycles. The number of nitrogens with two attached hydrogens (primary N) is 1. The first kappa shape index (κ1) is 19.7. The monoisotopic (exact) mass is 395 g/mol. The minimum Gasteiger partial charge on any atom is -0.366 e. The van der Waals surface area contributed by atoms with Gasteiger partial charge in [0, 0.05) is 30.3 Å². The summed E-state index contributed by atoms with van der Waals surface area (Å²) in [5, 5.41) is 9.29. The van der Waals surface area contributed by atoms with Crippen LogP contribution in [0.2, 0.25) is 0 Å². The maximum Gasteiger partial charge on any atom is 0.253 e. The van der Waals surface area contributed by atoms with Crippen molar-refractivity contribution < 1.29 is 9.59 Å². The minimum absolute atomic E-state index is 0.00593. The number of rotatable bonds is 6. The van der Waals surface area contributed by atoms with Crippen molar-refractivity contribution in [2.24, 2.45) is 17.1 Å². The molecule has 2 aliphatic heterocycles. The van der Waals surface area contributed by atoms with Crippen LogP contribution in [0.1, 0.15) is 42.6 Å². The van der Waals surface area contributed by atoms with E-state index in [2.05, 4.69) is 29.8 Å². The molecule has 1 aromatic rings. The molecule has 5 N–H and O–H groups in total. The van der Waals surface area contributed by atoms with Crippen molar-refractivity contribution in [1.29, 1.82) is 0 Å².